The summed E-state index contributed by atoms with van der Waals surface area (Å²) in [6, 6.07) is 7.93. The Labute approximate surface area is 125 Å². The number of benzene rings is 1. The van der Waals surface area contributed by atoms with Gasteiger partial charge in [-0.2, -0.15) is 0 Å². The zero-order valence-corrected chi connectivity index (χ0v) is 13.4. The van der Waals surface area contributed by atoms with Crippen LogP contribution in [-0.2, 0) is 11.3 Å². The summed E-state index contributed by atoms with van der Waals surface area (Å²) in [7, 11) is 1.68. The molecule has 0 aliphatic heterocycles. The molecule has 0 saturated heterocycles. The zero-order valence-electron chi connectivity index (χ0n) is 12.5. The van der Waals surface area contributed by atoms with Gasteiger partial charge in [-0.25, -0.2) is 4.79 Å². The Kier molecular flexibility index (Phi) is 6.36. The maximum atomic E-state index is 11.4. The molecule has 0 fully saturated rings. The lowest BCUT2D eigenvalue weighted by Gasteiger charge is -2.33. The monoisotopic (exact) mass is 297 g/mol. The molecule has 4 nitrogen and oxygen atoms in total. The molecule has 112 valence electrons. The van der Waals surface area contributed by atoms with E-state index in [0.29, 0.717) is 13.2 Å². The van der Waals surface area contributed by atoms with E-state index in [1.165, 1.54) is 4.90 Å². The Morgan fingerprint density at radius 2 is 2.00 bits per heavy atom. The Morgan fingerprint density at radius 1 is 1.35 bits per heavy atom. The van der Waals surface area contributed by atoms with E-state index < -0.39 is 11.6 Å². The van der Waals surface area contributed by atoms with Gasteiger partial charge in [0.25, 0.3) is 0 Å². The number of hydrogen-bond donors (Lipinski definition) is 1. The molecule has 0 spiro atoms. The van der Waals surface area contributed by atoms with Crippen molar-refractivity contribution in [3.8, 4) is 0 Å². The van der Waals surface area contributed by atoms with Crippen molar-refractivity contribution in [2.45, 2.75) is 37.8 Å². The third-order valence-corrected chi connectivity index (χ3v) is 3.97. The second-order valence-electron chi connectivity index (χ2n) is 5.49. The molecule has 0 heterocycles. The van der Waals surface area contributed by atoms with Crippen LogP contribution < -0.4 is 0 Å². The van der Waals surface area contributed by atoms with Crippen LogP contribution in [0.4, 0.5) is 4.79 Å². The minimum atomic E-state index is -0.894. The van der Waals surface area contributed by atoms with E-state index >= 15 is 0 Å². The first-order valence-corrected chi connectivity index (χ1v) is 7.55. The molecule has 0 bridgehead atoms. The van der Waals surface area contributed by atoms with Gasteiger partial charge in [-0.15, -0.1) is 11.8 Å². The number of rotatable bonds is 6. The van der Waals surface area contributed by atoms with Gasteiger partial charge in [0.1, 0.15) is 0 Å². The zero-order chi connectivity index (χ0) is 15.2. The highest BCUT2D eigenvalue weighted by Crippen LogP contribution is 2.26. The number of ether oxygens (including phenoxy) is 1. The summed E-state index contributed by atoms with van der Waals surface area (Å²) in [6.07, 6.45) is -0.894. The summed E-state index contributed by atoms with van der Waals surface area (Å²) < 4.78 is 5.05. The molecule has 0 aromatic heterocycles. The van der Waals surface area contributed by atoms with E-state index in [-0.39, 0.29) is 0 Å². The van der Waals surface area contributed by atoms with Gasteiger partial charge < -0.3 is 9.84 Å². The lowest BCUT2D eigenvalue weighted by Crippen LogP contribution is -2.44. The van der Waals surface area contributed by atoms with Crippen LogP contribution in [0.25, 0.3) is 0 Å². The van der Waals surface area contributed by atoms with Crippen LogP contribution in [0, 0.1) is 0 Å². The van der Waals surface area contributed by atoms with Crippen LogP contribution in [0.3, 0.4) is 0 Å². The molecule has 5 heteroatoms. The normalized spacial score (nSPS) is 11.4. The second-order valence-corrected chi connectivity index (χ2v) is 6.63. The molecule has 0 aliphatic carbocycles. The van der Waals surface area contributed by atoms with Gasteiger partial charge in [-0.3, -0.25) is 4.90 Å². The van der Waals surface area contributed by atoms with Crippen molar-refractivity contribution >= 4 is 17.9 Å². The van der Waals surface area contributed by atoms with Crippen molar-refractivity contribution < 1.29 is 14.6 Å². The van der Waals surface area contributed by atoms with Gasteiger partial charge in [0, 0.05) is 23.3 Å². The highest BCUT2D eigenvalue weighted by molar-refractivity contribution is 7.99. The van der Waals surface area contributed by atoms with E-state index in [0.717, 1.165) is 16.2 Å². The fourth-order valence-corrected chi connectivity index (χ4v) is 2.73. The first-order chi connectivity index (χ1) is 9.36. The van der Waals surface area contributed by atoms with Crippen LogP contribution in [0.2, 0.25) is 0 Å². The van der Waals surface area contributed by atoms with E-state index in [4.69, 9.17) is 4.74 Å². The van der Waals surface area contributed by atoms with Crippen LogP contribution >= 0.6 is 11.8 Å². The van der Waals surface area contributed by atoms with E-state index in [1.807, 2.05) is 45.0 Å². The van der Waals surface area contributed by atoms with Crippen molar-refractivity contribution in [2.24, 2.45) is 0 Å². The molecule has 1 N–H and O–H groups in total. The molecule has 20 heavy (non-hydrogen) atoms. The van der Waals surface area contributed by atoms with Crippen LogP contribution in [0.1, 0.15) is 26.3 Å². The highest BCUT2D eigenvalue weighted by atomic mass is 32.2. The number of nitrogens with zero attached hydrogens (tertiary/aromatic N) is 1. The molecular formula is C15H23NO3S. The molecule has 1 rings (SSSR count). The molecule has 0 atom stereocenters. The molecule has 0 radical (unpaired) electrons. The highest BCUT2D eigenvalue weighted by Gasteiger charge is 2.26. The number of thioether (sulfide) groups is 1. The number of amides is 1. The SMILES string of the molecule is COCCSc1ccccc1CN(C(=O)O)C(C)(C)C. The molecule has 0 unspecified atom stereocenters. The fourth-order valence-electron chi connectivity index (χ4n) is 1.77. The minimum Gasteiger partial charge on any atom is -0.465 e. The Bertz CT molecular complexity index is 443. The van der Waals surface area contributed by atoms with Gasteiger partial charge >= 0.3 is 6.09 Å². The first-order valence-electron chi connectivity index (χ1n) is 6.56. The van der Waals surface area contributed by atoms with Gasteiger partial charge in [-0.05, 0) is 32.4 Å². The molecule has 1 aromatic rings. The summed E-state index contributed by atoms with van der Waals surface area (Å²) in [6.45, 7) is 6.79. The van der Waals surface area contributed by atoms with Crippen molar-refractivity contribution in [3.05, 3.63) is 29.8 Å². The second kappa shape index (κ2) is 7.55. The van der Waals surface area contributed by atoms with Crippen molar-refractivity contribution in [1.82, 2.24) is 4.90 Å². The predicted octanol–water partition coefficient (Wildman–Crippen LogP) is 3.70. The van der Waals surface area contributed by atoms with Crippen molar-refractivity contribution in [3.63, 3.8) is 0 Å². The van der Waals surface area contributed by atoms with E-state index in [1.54, 1.807) is 18.9 Å². The topological polar surface area (TPSA) is 49.8 Å². The van der Waals surface area contributed by atoms with Gasteiger partial charge in [-0.1, -0.05) is 18.2 Å². The standard InChI is InChI=1S/C15H23NO3S/c1-15(2,3)16(14(17)18)11-12-7-5-6-8-13(12)20-10-9-19-4/h5-8H,9-11H2,1-4H3,(H,17,18). The van der Waals surface area contributed by atoms with Crippen molar-refractivity contribution in [1.29, 1.82) is 0 Å². The third kappa shape index (κ3) is 5.06. The largest absolute Gasteiger partial charge is 0.465 e. The van der Waals surface area contributed by atoms with Gasteiger partial charge in [0.2, 0.25) is 0 Å². The minimum absolute atomic E-state index is 0.398. The quantitative estimate of drug-likeness (QED) is 0.642. The van der Waals surface area contributed by atoms with Crippen molar-refractivity contribution in [2.75, 3.05) is 19.5 Å². The van der Waals surface area contributed by atoms with Crippen LogP contribution in [0.15, 0.2) is 29.2 Å². The van der Waals surface area contributed by atoms with E-state index in [2.05, 4.69) is 0 Å². The number of carboxylic acid groups (broad SMARTS) is 1. The van der Waals surface area contributed by atoms with Crippen LogP contribution in [0.5, 0.6) is 0 Å². The summed E-state index contributed by atoms with van der Waals surface area (Å²) >= 11 is 1.69. The number of methoxy groups -OCH3 is 1. The summed E-state index contributed by atoms with van der Waals surface area (Å²) in [5.74, 6) is 0.857. The number of hydrogen-bond acceptors (Lipinski definition) is 3. The molecular weight excluding hydrogens is 274 g/mol. The fraction of sp³-hybridized carbons (Fsp3) is 0.533. The smallest absolute Gasteiger partial charge is 0.408 e. The van der Waals surface area contributed by atoms with Gasteiger partial charge in [0.05, 0.1) is 13.2 Å². The Balaban J connectivity index is 2.87. The maximum absolute atomic E-state index is 11.4. The van der Waals surface area contributed by atoms with Crippen LogP contribution in [-0.4, -0.2) is 41.1 Å². The summed E-state index contributed by atoms with van der Waals surface area (Å²) in [4.78, 5) is 14.0. The lowest BCUT2D eigenvalue weighted by atomic mass is 10.1. The number of carbonyl (C=O) groups is 1. The average molecular weight is 297 g/mol. The lowest BCUT2D eigenvalue weighted by molar-refractivity contribution is 0.0950. The molecule has 0 saturated carbocycles. The summed E-state index contributed by atoms with van der Waals surface area (Å²) in [5.41, 5.74) is 0.613. The molecule has 1 amide bonds. The van der Waals surface area contributed by atoms with Gasteiger partial charge in [0.15, 0.2) is 0 Å². The predicted molar refractivity (Wildman–Crippen MR) is 82.4 cm³/mol. The first kappa shape index (κ1) is 16.9. The maximum Gasteiger partial charge on any atom is 0.408 e. The molecule has 0 aliphatic rings. The average Bonchev–Trinajstić information content (AvgIpc) is 2.36. The Hall–Kier alpha value is -1.20. The molecule has 1 aromatic carbocycles. The Morgan fingerprint density at radius 3 is 2.55 bits per heavy atom. The summed E-state index contributed by atoms with van der Waals surface area (Å²) in [5, 5.41) is 9.37. The van der Waals surface area contributed by atoms with E-state index in [9.17, 15) is 9.90 Å². The third-order valence-electron chi connectivity index (χ3n) is 2.89.